The lowest BCUT2D eigenvalue weighted by atomic mass is 10.2. The maximum atomic E-state index is 11.1. The highest BCUT2D eigenvalue weighted by Crippen LogP contribution is 2.31. The van der Waals surface area contributed by atoms with Gasteiger partial charge in [0.2, 0.25) is 5.75 Å². The summed E-state index contributed by atoms with van der Waals surface area (Å²) < 4.78 is 10.3. The van der Waals surface area contributed by atoms with E-state index < -0.39 is 10.9 Å². The Morgan fingerprint density at radius 2 is 2.10 bits per heavy atom. The average Bonchev–Trinajstić information content (AvgIpc) is 2.47. The molecule has 1 aromatic carbocycles. The van der Waals surface area contributed by atoms with Crippen LogP contribution < -0.4 is 15.2 Å². The maximum Gasteiger partial charge on any atom is 0.325 e. The topological polar surface area (TPSA) is 105 Å². The van der Waals surface area contributed by atoms with Crippen molar-refractivity contribution in [1.82, 2.24) is 0 Å². The Morgan fingerprint density at radius 1 is 1.33 bits per heavy atom. The molecule has 0 amide bonds. The Balaban J connectivity index is 2.69. The van der Waals surface area contributed by atoms with Crippen LogP contribution in [0.1, 0.15) is 32.6 Å². The Morgan fingerprint density at radius 3 is 2.71 bits per heavy atom. The van der Waals surface area contributed by atoms with Gasteiger partial charge in [-0.05, 0) is 18.6 Å². The van der Waals surface area contributed by atoms with E-state index in [9.17, 15) is 14.9 Å². The van der Waals surface area contributed by atoms with Crippen molar-refractivity contribution in [2.75, 3.05) is 13.2 Å². The van der Waals surface area contributed by atoms with Crippen molar-refractivity contribution in [2.45, 2.75) is 32.6 Å². The van der Waals surface area contributed by atoms with Crippen molar-refractivity contribution in [2.24, 2.45) is 5.73 Å². The zero-order valence-electron chi connectivity index (χ0n) is 12.0. The van der Waals surface area contributed by atoms with Gasteiger partial charge >= 0.3 is 11.7 Å². The standard InChI is InChI=1S/C14H20N2O5/c1-2-3-4-5-8-20-11-6-7-13(21-14(17)10-15)12(9-11)16(18)19/h6-7,9H,2-5,8,10,15H2,1H3. The minimum absolute atomic E-state index is 0.131. The van der Waals surface area contributed by atoms with Crippen LogP contribution in [0.5, 0.6) is 11.5 Å². The molecule has 7 nitrogen and oxygen atoms in total. The first-order valence-electron chi connectivity index (χ1n) is 6.90. The minimum Gasteiger partial charge on any atom is -0.493 e. The molecule has 0 saturated carbocycles. The molecule has 0 spiro atoms. The van der Waals surface area contributed by atoms with Gasteiger partial charge in [-0.1, -0.05) is 26.2 Å². The minimum atomic E-state index is -0.730. The van der Waals surface area contributed by atoms with Gasteiger partial charge in [0, 0.05) is 0 Å². The van der Waals surface area contributed by atoms with Crippen molar-refractivity contribution in [1.29, 1.82) is 0 Å². The molecule has 0 saturated heterocycles. The van der Waals surface area contributed by atoms with Crippen molar-refractivity contribution in [3.63, 3.8) is 0 Å². The molecule has 0 unspecified atom stereocenters. The van der Waals surface area contributed by atoms with Crippen LogP contribution in [0, 0.1) is 10.1 Å². The normalized spacial score (nSPS) is 10.2. The zero-order chi connectivity index (χ0) is 15.7. The van der Waals surface area contributed by atoms with Crippen molar-refractivity contribution < 1.29 is 19.2 Å². The van der Waals surface area contributed by atoms with Crippen molar-refractivity contribution in [3.05, 3.63) is 28.3 Å². The van der Waals surface area contributed by atoms with Crippen molar-refractivity contribution >= 4 is 11.7 Å². The summed E-state index contributed by atoms with van der Waals surface area (Å²) >= 11 is 0. The second kappa shape index (κ2) is 8.91. The van der Waals surface area contributed by atoms with Gasteiger partial charge in [0.15, 0.2) is 0 Å². The molecule has 0 aliphatic carbocycles. The number of ether oxygens (including phenoxy) is 2. The van der Waals surface area contributed by atoms with Crippen LogP contribution >= 0.6 is 0 Å². The summed E-state index contributed by atoms with van der Waals surface area (Å²) in [5.41, 5.74) is 4.80. The van der Waals surface area contributed by atoms with Crippen LogP contribution in [0.4, 0.5) is 5.69 Å². The van der Waals surface area contributed by atoms with Gasteiger partial charge in [-0.15, -0.1) is 0 Å². The Labute approximate surface area is 123 Å². The zero-order valence-corrected chi connectivity index (χ0v) is 12.0. The molecule has 2 N–H and O–H groups in total. The van der Waals surface area contributed by atoms with E-state index in [1.54, 1.807) is 0 Å². The number of unbranched alkanes of at least 4 members (excludes halogenated alkanes) is 3. The van der Waals surface area contributed by atoms with E-state index >= 15 is 0 Å². The predicted octanol–water partition coefficient (Wildman–Crippen LogP) is 2.42. The Bertz CT molecular complexity index is 490. The molecule has 1 rings (SSSR count). The molecule has 0 fully saturated rings. The highest BCUT2D eigenvalue weighted by molar-refractivity contribution is 5.75. The van der Waals surface area contributed by atoms with Crippen LogP contribution in [-0.4, -0.2) is 24.0 Å². The van der Waals surface area contributed by atoms with Crippen LogP contribution in [-0.2, 0) is 4.79 Å². The molecule has 1 aromatic rings. The molecule has 0 aliphatic rings. The number of nitrogens with two attached hydrogens (primary N) is 1. The summed E-state index contributed by atoms with van der Waals surface area (Å²) in [6.07, 6.45) is 4.22. The maximum absolute atomic E-state index is 11.1. The third-order valence-electron chi connectivity index (χ3n) is 2.78. The monoisotopic (exact) mass is 296 g/mol. The van der Waals surface area contributed by atoms with Gasteiger partial charge in [-0.3, -0.25) is 14.9 Å². The lowest BCUT2D eigenvalue weighted by Gasteiger charge is -2.08. The first-order valence-corrected chi connectivity index (χ1v) is 6.90. The van der Waals surface area contributed by atoms with E-state index in [2.05, 4.69) is 6.92 Å². The molecular formula is C14H20N2O5. The number of nitro groups is 1. The molecule has 0 radical (unpaired) electrons. The fourth-order valence-corrected chi connectivity index (χ4v) is 1.70. The van der Waals surface area contributed by atoms with Gasteiger partial charge in [0.1, 0.15) is 5.75 Å². The number of esters is 1. The summed E-state index contributed by atoms with van der Waals surface area (Å²) in [5.74, 6) is -0.481. The summed E-state index contributed by atoms with van der Waals surface area (Å²) in [6.45, 7) is 2.28. The number of hydrogen-bond acceptors (Lipinski definition) is 6. The number of hydrogen-bond donors (Lipinski definition) is 1. The predicted molar refractivity (Wildman–Crippen MR) is 77.4 cm³/mol. The van der Waals surface area contributed by atoms with E-state index in [4.69, 9.17) is 15.2 Å². The van der Waals surface area contributed by atoms with Crippen LogP contribution in [0.15, 0.2) is 18.2 Å². The van der Waals surface area contributed by atoms with Gasteiger partial charge in [0.25, 0.3) is 0 Å². The molecule has 0 atom stereocenters. The van der Waals surface area contributed by atoms with Gasteiger partial charge < -0.3 is 15.2 Å². The van der Waals surface area contributed by atoms with Gasteiger partial charge in [0.05, 0.1) is 24.1 Å². The number of benzene rings is 1. The first kappa shape index (κ1) is 16.9. The third kappa shape index (κ3) is 5.78. The van der Waals surface area contributed by atoms with Crippen LogP contribution in [0.25, 0.3) is 0 Å². The highest BCUT2D eigenvalue weighted by atomic mass is 16.6. The van der Waals surface area contributed by atoms with E-state index in [1.165, 1.54) is 18.2 Å². The second-order valence-electron chi connectivity index (χ2n) is 4.47. The Hall–Kier alpha value is -2.15. The molecule has 7 heteroatoms. The smallest absolute Gasteiger partial charge is 0.325 e. The lowest BCUT2D eigenvalue weighted by molar-refractivity contribution is -0.385. The number of carbonyl (C=O) groups excluding carboxylic acids is 1. The number of rotatable bonds is 9. The number of carbonyl (C=O) groups is 1. The number of nitro benzene ring substituents is 1. The average molecular weight is 296 g/mol. The first-order chi connectivity index (χ1) is 10.1. The third-order valence-corrected chi connectivity index (χ3v) is 2.78. The fourth-order valence-electron chi connectivity index (χ4n) is 1.70. The van der Waals surface area contributed by atoms with E-state index in [-0.39, 0.29) is 18.0 Å². The van der Waals surface area contributed by atoms with Gasteiger partial charge in [-0.25, -0.2) is 0 Å². The lowest BCUT2D eigenvalue weighted by Crippen LogP contribution is -2.19. The van der Waals surface area contributed by atoms with Crippen molar-refractivity contribution in [3.8, 4) is 11.5 Å². The molecule has 0 aromatic heterocycles. The molecular weight excluding hydrogens is 276 g/mol. The highest BCUT2D eigenvalue weighted by Gasteiger charge is 2.18. The number of nitrogens with zero attached hydrogens (tertiary/aromatic N) is 1. The summed E-state index contributed by atoms with van der Waals surface area (Å²) in [4.78, 5) is 21.5. The van der Waals surface area contributed by atoms with E-state index in [0.29, 0.717) is 12.4 Å². The molecule has 116 valence electrons. The summed E-state index contributed by atoms with van der Waals surface area (Å²) in [5, 5.41) is 11.0. The fraction of sp³-hybridized carbons (Fsp3) is 0.500. The summed E-state index contributed by atoms with van der Waals surface area (Å²) in [7, 11) is 0. The van der Waals surface area contributed by atoms with E-state index in [0.717, 1.165) is 25.7 Å². The van der Waals surface area contributed by atoms with E-state index in [1.807, 2.05) is 0 Å². The van der Waals surface area contributed by atoms with Crippen LogP contribution in [0.3, 0.4) is 0 Å². The molecule has 21 heavy (non-hydrogen) atoms. The quantitative estimate of drug-likeness (QED) is 0.247. The SMILES string of the molecule is CCCCCCOc1ccc(OC(=O)CN)c([N+](=O)[O-])c1. The Kier molecular flexibility index (Phi) is 7.17. The summed E-state index contributed by atoms with van der Waals surface area (Å²) in [6, 6.07) is 4.12. The van der Waals surface area contributed by atoms with Gasteiger partial charge in [-0.2, -0.15) is 0 Å². The molecule has 0 heterocycles. The van der Waals surface area contributed by atoms with Crippen LogP contribution in [0.2, 0.25) is 0 Å². The molecule has 0 bridgehead atoms. The molecule has 0 aliphatic heterocycles. The second-order valence-corrected chi connectivity index (χ2v) is 4.47. The largest absolute Gasteiger partial charge is 0.493 e.